The van der Waals surface area contributed by atoms with Gasteiger partial charge in [0.05, 0.1) is 34.5 Å². The summed E-state index contributed by atoms with van der Waals surface area (Å²) in [6, 6.07) is 13.8. The molecule has 0 radical (unpaired) electrons. The minimum atomic E-state index is -0.795. The van der Waals surface area contributed by atoms with Crippen molar-refractivity contribution >= 4 is 34.2 Å². The van der Waals surface area contributed by atoms with Crippen molar-refractivity contribution in [3.05, 3.63) is 69.1 Å². The van der Waals surface area contributed by atoms with Crippen molar-refractivity contribution in [2.24, 2.45) is 0 Å². The predicted molar refractivity (Wildman–Crippen MR) is 137 cm³/mol. The number of alkyl halides is 1. The van der Waals surface area contributed by atoms with Crippen molar-refractivity contribution < 1.29 is 24.8 Å². The maximum atomic E-state index is 10.2. The lowest BCUT2D eigenvalue weighted by Crippen LogP contribution is -2.25. The molecule has 0 saturated heterocycles. The van der Waals surface area contributed by atoms with Crippen LogP contribution in [-0.2, 0) is 18.6 Å². The summed E-state index contributed by atoms with van der Waals surface area (Å²) in [6.07, 6.45) is -0.0331. The topological polar surface area (TPSA) is 110 Å². The first kappa shape index (κ1) is 26.7. The van der Waals surface area contributed by atoms with Gasteiger partial charge in [0.1, 0.15) is 36.9 Å². The molecule has 3 aromatic rings. The number of hydrogen-bond donors (Lipinski definition) is 3. The van der Waals surface area contributed by atoms with Gasteiger partial charge in [-0.15, -0.1) is 16.7 Å². The Bertz CT molecular complexity index is 1060. The summed E-state index contributed by atoms with van der Waals surface area (Å²) < 4.78 is 13.8. The van der Waals surface area contributed by atoms with E-state index in [1.54, 1.807) is 0 Å². The van der Waals surface area contributed by atoms with Gasteiger partial charge in [-0.3, -0.25) is 0 Å². The molecular formula is C24H29ClIN3O5. The normalized spacial score (nSPS) is 13.5. The van der Waals surface area contributed by atoms with Crippen LogP contribution in [0.15, 0.2) is 48.7 Å². The van der Waals surface area contributed by atoms with Gasteiger partial charge >= 0.3 is 0 Å². The Balaban J connectivity index is 1.61. The predicted octanol–water partition coefficient (Wildman–Crippen LogP) is 3.12. The Labute approximate surface area is 217 Å². The second-order valence-electron chi connectivity index (χ2n) is 8.44. The Hall–Kier alpha value is -1.92. The van der Waals surface area contributed by atoms with Crippen molar-refractivity contribution in [1.29, 1.82) is 0 Å². The van der Waals surface area contributed by atoms with Crippen molar-refractivity contribution in [1.82, 2.24) is 15.0 Å². The van der Waals surface area contributed by atoms with Crippen LogP contribution >= 0.6 is 34.2 Å². The van der Waals surface area contributed by atoms with E-state index in [2.05, 4.69) is 52.8 Å². The maximum absolute atomic E-state index is 10.2. The van der Waals surface area contributed by atoms with Crippen LogP contribution in [0.5, 0.6) is 11.5 Å². The van der Waals surface area contributed by atoms with Crippen molar-refractivity contribution in [2.75, 3.05) is 19.1 Å². The van der Waals surface area contributed by atoms with Crippen molar-refractivity contribution in [2.45, 2.75) is 44.6 Å². The quantitative estimate of drug-likeness (QED) is 0.217. The summed E-state index contributed by atoms with van der Waals surface area (Å²) in [6.45, 7) is 4.53. The summed E-state index contributed by atoms with van der Waals surface area (Å²) in [5.41, 5.74) is 2.50. The zero-order valence-corrected chi connectivity index (χ0v) is 22.0. The lowest BCUT2D eigenvalue weighted by molar-refractivity contribution is 0.0866. The summed E-state index contributed by atoms with van der Waals surface area (Å²) >= 11 is 7.86. The molecule has 10 heteroatoms. The first-order valence-corrected chi connectivity index (χ1v) is 12.4. The molecule has 184 valence electrons. The molecule has 0 bridgehead atoms. The van der Waals surface area contributed by atoms with Crippen molar-refractivity contribution in [3.63, 3.8) is 0 Å². The lowest BCUT2D eigenvalue weighted by Gasteiger charge is -2.27. The fraction of sp³-hybridized carbons (Fsp3) is 0.417. The van der Waals surface area contributed by atoms with Gasteiger partial charge in [0, 0.05) is 5.41 Å². The van der Waals surface area contributed by atoms with E-state index in [0.717, 1.165) is 14.7 Å². The van der Waals surface area contributed by atoms with Gasteiger partial charge in [-0.25, -0.2) is 4.68 Å². The van der Waals surface area contributed by atoms with Gasteiger partial charge in [-0.05, 0) is 58.0 Å². The third kappa shape index (κ3) is 6.82. The molecule has 0 fully saturated rings. The average Bonchev–Trinajstić information content (AvgIpc) is 3.28. The number of ether oxygens (including phenoxy) is 2. The molecule has 0 spiro atoms. The molecule has 3 N–H and O–H groups in total. The SMILES string of the molecule is CC(C)(c1ccc(OC[C@H](O)Cn2nncc2CO)cc1)c1ccc(OC[C@H](O)CCl)c([123I])c1. The van der Waals surface area contributed by atoms with E-state index in [9.17, 15) is 15.3 Å². The molecule has 34 heavy (non-hydrogen) atoms. The summed E-state index contributed by atoms with van der Waals surface area (Å²) in [5.74, 6) is 1.49. The Morgan fingerprint density at radius 2 is 1.71 bits per heavy atom. The largest absolute Gasteiger partial charge is 0.491 e. The zero-order valence-electron chi connectivity index (χ0n) is 19.1. The highest BCUT2D eigenvalue weighted by Crippen LogP contribution is 2.35. The Morgan fingerprint density at radius 3 is 2.35 bits per heavy atom. The van der Waals surface area contributed by atoms with Gasteiger partial charge in [0.25, 0.3) is 0 Å². The standard InChI is InChI=1S/C24H29ClIN3O5/c1-24(2,17-5-8-23(22(26)9-17)34-14-19(31)10-25)16-3-6-21(7-4-16)33-15-20(32)12-29-18(13-30)11-27-28-29/h3-9,11,19-20,30-32H,10,12-15H2,1-2H3/t19-,20-/m1/s1/i26-4. The first-order valence-electron chi connectivity index (χ1n) is 10.8. The summed E-state index contributed by atoms with van der Waals surface area (Å²) in [5, 5.41) is 36.7. The molecular weight excluding hydrogens is 569 g/mol. The van der Waals surface area contributed by atoms with E-state index >= 15 is 0 Å². The maximum Gasteiger partial charge on any atom is 0.132 e. The van der Waals surface area contributed by atoms with E-state index in [0.29, 0.717) is 17.2 Å². The van der Waals surface area contributed by atoms with Crippen LogP contribution < -0.4 is 9.47 Å². The van der Waals surface area contributed by atoms with Crippen LogP contribution in [-0.4, -0.2) is 61.6 Å². The Kier molecular flexibility index (Phi) is 9.55. The van der Waals surface area contributed by atoms with E-state index in [1.807, 2.05) is 36.4 Å². The van der Waals surface area contributed by atoms with Crippen LogP contribution in [0.4, 0.5) is 0 Å². The molecule has 2 aromatic carbocycles. The number of aliphatic hydroxyl groups is 3. The van der Waals surface area contributed by atoms with Crippen molar-refractivity contribution in [3.8, 4) is 11.5 Å². The molecule has 0 aliphatic carbocycles. The number of nitrogens with zero attached hydrogens (tertiary/aromatic N) is 3. The second-order valence-corrected chi connectivity index (χ2v) is 9.91. The van der Waals surface area contributed by atoms with Gasteiger partial charge in [-0.1, -0.05) is 37.3 Å². The molecule has 2 atom stereocenters. The molecule has 0 amide bonds. The number of rotatable bonds is 12. The molecule has 8 nitrogen and oxygen atoms in total. The summed E-state index contributed by atoms with van der Waals surface area (Å²) in [7, 11) is 0. The van der Waals surface area contributed by atoms with Gasteiger partial charge in [0.15, 0.2) is 0 Å². The molecule has 0 saturated carbocycles. The second kappa shape index (κ2) is 12.2. The number of benzene rings is 2. The number of aromatic nitrogens is 3. The third-order valence-corrected chi connectivity index (χ3v) is 6.72. The Morgan fingerprint density at radius 1 is 1.03 bits per heavy atom. The molecule has 0 aliphatic rings. The number of hydrogen-bond acceptors (Lipinski definition) is 7. The number of aliphatic hydroxyl groups excluding tert-OH is 3. The van der Waals surface area contributed by atoms with Crippen LogP contribution in [0.3, 0.4) is 0 Å². The minimum absolute atomic E-state index is 0.0888. The molecule has 0 unspecified atom stereocenters. The van der Waals surface area contributed by atoms with E-state index in [-0.39, 0.29) is 37.7 Å². The lowest BCUT2D eigenvalue weighted by atomic mass is 9.78. The molecule has 3 rings (SSSR count). The van der Waals surface area contributed by atoms with E-state index in [4.69, 9.17) is 21.1 Å². The zero-order chi connectivity index (χ0) is 24.7. The smallest absolute Gasteiger partial charge is 0.132 e. The fourth-order valence-electron chi connectivity index (χ4n) is 3.37. The monoisotopic (exact) mass is 597 g/mol. The van der Waals surface area contributed by atoms with Gasteiger partial charge < -0.3 is 24.8 Å². The highest BCUT2D eigenvalue weighted by Gasteiger charge is 2.24. The van der Waals surface area contributed by atoms with Crippen LogP contribution in [0, 0.1) is 3.57 Å². The molecule has 0 aliphatic heterocycles. The number of halogens is 2. The van der Waals surface area contributed by atoms with Gasteiger partial charge in [0.2, 0.25) is 0 Å². The van der Waals surface area contributed by atoms with E-state index in [1.165, 1.54) is 10.9 Å². The van der Waals surface area contributed by atoms with Crippen LogP contribution in [0.1, 0.15) is 30.7 Å². The first-order chi connectivity index (χ1) is 16.2. The molecule has 1 aromatic heterocycles. The fourth-order valence-corrected chi connectivity index (χ4v) is 4.13. The van der Waals surface area contributed by atoms with Gasteiger partial charge in [-0.2, -0.15) is 0 Å². The summed E-state index contributed by atoms with van der Waals surface area (Å²) in [4.78, 5) is 0. The third-order valence-electron chi connectivity index (χ3n) is 5.52. The highest BCUT2D eigenvalue weighted by atomic mass is 123. The van der Waals surface area contributed by atoms with E-state index < -0.39 is 12.2 Å². The van der Waals surface area contributed by atoms with Crippen LogP contribution in [0.25, 0.3) is 0 Å². The highest BCUT2D eigenvalue weighted by molar-refractivity contribution is 14.1. The molecule has 1 heterocycles. The minimum Gasteiger partial charge on any atom is -0.491 e. The average molecular weight is 598 g/mol. The van der Waals surface area contributed by atoms with Crippen LogP contribution in [0.2, 0.25) is 0 Å².